The maximum Gasteiger partial charge on any atom is 0.326 e. The number of hydrogen-bond acceptors (Lipinski definition) is 5. The minimum atomic E-state index is -1.39. The summed E-state index contributed by atoms with van der Waals surface area (Å²) >= 11 is 0. The van der Waals surface area contributed by atoms with Crippen molar-refractivity contribution in [2.45, 2.75) is 12.5 Å². The second kappa shape index (κ2) is 10.7. The monoisotopic (exact) mass is 473 g/mol. The highest BCUT2D eigenvalue weighted by atomic mass is 16.5. The van der Waals surface area contributed by atoms with Crippen molar-refractivity contribution in [3.05, 3.63) is 96.1 Å². The fourth-order valence-corrected chi connectivity index (χ4v) is 4.01. The van der Waals surface area contributed by atoms with E-state index < -0.39 is 29.9 Å². The van der Waals surface area contributed by atoms with Crippen LogP contribution in [0.5, 0.6) is 11.5 Å². The van der Waals surface area contributed by atoms with E-state index in [1.165, 1.54) is 0 Å². The van der Waals surface area contributed by atoms with E-state index in [2.05, 4.69) is 10.6 Å². The largest absolute Gasteiger partial charge is 0.494 e. The predicted molar refractivity (Wildman–Crippen MR) is 130 cm³/mol. The van der Waals surface area contributed by atoms with Crippen molar-refractivity contribution < 1.29 is 23.9 Å². The Bertz CT molecular complexity index is 1130. The molecule has 1 heterocycles. The minimum Gasteiger partial charge on any atom is -0.494 e. The Kier molecular flexibility index (Phi) is 7.30. The van der Waals surface area contributed by atoms with Crippen LogP contribution in [-0.2, 0) is 15.1 Å². The molecular formula is C27H27N3O5. The fraction of sp³-hybridized carbons (Fsp3) is 0.222. The number of benzene rings is 3. The van der Waals surface area contributed by atoms with Crippen LogP contribution in [0.2, 0.25) is 0 Å². The molecular weight excluding hydrogens is 446 g/mol. The molecule has 1 aliphatic heterocycles. The average Bonchev–Trinajstić information content (AvgIpc) is 3.14. The molecule has 0 radical (unpaired) electrons. The lowest BCUT2D eigenvalue weighted by molar-refractivity contribution is -0.134. The van der Waals surface area contributed by atoms with Crippen LogP contribution in [0.15, 0.2) is 84.9 Å². The van der Waals surface area contributed by atoms with Crippen molar-refractivity contribution in [1.29, 1.82) is 0 Å². The molecule has 1 fully saturated rings. The first kappa shape index (κ1) is 23.8. The van der Waals surface area contributed by atoms with Crippen LogP contribution in [0.25, 0.3) is 0 Å². The van der Waals surface area contributed by atoms with Crippen LogP contribution in [0, 0.1) is 0 Å². The summed E-state index contributed by atoms with van der Waals surface area (Å²) in [4.78, 5) is 39.9. The summed E-state index contributed by atoms with van der Waals surface area (Å²) in [6.07, 6.45) is 0. The highest BCUT2D eigenvalue weighted by molar-refractivity contribution is 6.11. The van der Waals surface area contributed by atoms with Crippen LogP contribution in [0.4, 0.5) is 4.79 Å². The van der Waals surface area contributed by atoms with Gasteiger partial charge in [0.2, 0.25) is 5.91 Å². The molecule has 0 aliphatic carbocycles. The van der Waals surface area contributed by atoms with E-state index in [1.54, 1.807) is 72.8 Å². The Morgan fingerprint density at radius 3 is 1.94 bits per heavy atom. The van der Waals surface area contributed by atoms with Gasteiger partial charge in [0.05, 0.1) is 13.2 Å². The molecule has 2 N–H and O–H groups in total. The molecule has 0 atom stereocenters. The standard InChI is InChI=1S/C27H27N3O5/c1-2-34-22-13-15-23(16-14-22)35-18-17-28-24(31)19-30-25(32)27(29-26(30)33,20-9-5-3-6-10-20)21-11-7-4-8-12-21/h3-16H,2,17-19H2,1H3,(H,28,31)(H,29,33). The summed E-state index contributed by atoms with van der Waals surface area (Å²) in [6.45, 7) is 2.56. The maximum absolute atomic E-state index is 13.6. The minimum absolute atomic E-state index is 0.220. The SMILES string of the molecule is CCOc1ccc(OCCNC(=O)CN2C(=O)NC(c3ccccc3)(c3ccccc3)C2=O)cc1. The van der Waals surface area contributed by atoms with Gasteiger partial charge in [0.1, 0.15) is 24.7 Å². The van der Waals surface area contributed by atoms with Gasteiger partial charge in [-0.05, 0) is 42.3 Å². The van der Waals surface area contributed by atoms with Gasteiger partial charge in [0, 0.05) is 0 Å². The summed E-state index contributed by atoms with van der Waals surface area (Å²) in [5, 5.41) is 5.53. The number of amides is 4. The molecule has 180 valence electrons. The number of ether oxygens (including phenoxy) is 2. The lowest BCUT2D eigenvalue weighted by Gasteiger charge is -2.28. The van der Waals surface area contributed by atoms with Gasteiger partial charge in [0.15, 0.2) is 5.54 Å². The van der Waals surface area contributed by atoms with Crippen molar-refractivity contribution in [3.8, 4) is 11.5 Å². The summed E-state index contributed by atoms with van der Waals surface area (Å²) in [5.74, 6) is 0.442. The summed E-state index contributed by atoms with van der Waals surface area (Å²) in [6, 6.07) is 24.6. The van der Waals surface area contributed by atoms with Crippen molar-refractivity contribution in [2.24, 2.45) is 0 Å². The molecule has 0 spiro atoms. The van der Waals surface area contributed by atoms with Gasteiger partial charge in [-0.25, -0.2) is 4.79 Å². The van der Waals surface area contributed by atoms with E-state index >= 15 is 0 Å². The number of carbonyl (C=O) groups excluding carboxylic acids is 3. The van der Waals surface area contributed by atoms with Crippen LogP contribution >= 0.6 is 0 Å². The molecule has 0 saturated carbocycles. The lowest BCUT2D eigenvalue weighted by atomic mass is 9.82. The molecule has 8 heteroatoms. The molecule has 0 bridgehead atoms. The Morgan fingerprint density at radius 1 is 0.857 bits per heavy atom. The average molecular weight is 474 g/mol. The number of hydrogen-bond donors (Lipinski definition) is 2. The molecule has 1 saturated heterocycles. The molecule has 1 aliphatic rings. The van der Waals surface area contributed by atoms with E-state index in [0.29, 0.717) is 23.5 Å². The maximum atomic E-state index is 13.6. The Balaban J connectivity index is 1.38. The third kappa shape index (κ3) is 5.11. The van der Waals surface area contributed by atoms with Crippen molar-refractivity contribution in [1.82, 2.24) is 15.5 Å². The highest BCUT2D eigenvalue weighted by Crippen LogP contribution is 2.35. The molecule has 0 unspecified atom stereocenters. The fourth-order valence-electron chi connectivity index (χ4n) is 4.01. The van der Waals surface area contributed by atoms with Gasteiger partial charge >= 0.3 is 6.03 Å². The summed E-state index contributed by atoms with van der Waals surface area (Å²) in [7, 11) is 0. The molecule has 3 aromatic rings. The molecule has 35 heavy (non-hydrogen) atoms. The molecule has 4 amide bonds. The molecule has 0 aromatic heterocycles. The molecule has 4 rings (SSSR count). The van der Waals surface area contributed by atoms with Gasteiger partial charge in [-0.2, -0.15) is 0 Å². The quantitative estimate of drug-likeness (QED) is 0.349. The van der Waals surface area contributed by atoms with E-state index in [4.69, 9.17) is 9.47 Å². The predicted octanol–water partition coefficient (Wildman–Crippen LogP) is 3.08. The number of nitrogens with one attached hydrogen (secondary N) is 2. The second-order valence-corrected chi connectivity index (χ2v) is 7.91. The smallest absolute Gasteiger partial charge is 0.326 e. The Labute approximate surface area is 203 Å². The summed E-state index contributed by atoms with van der Waals surface area (Å²) < 4.78 is 11.0. The van der Waals surface area contributed by atoms with Gasteiger partial charge in [0.25, 0.3) is 5.91 Å². The van der Waals surface area contributed by atoms with Crippen molar-refractivity contribution >= 4 is 17.8 Å². The summed E-state index contributed by atoms with van der Waals surface area (Å²) in [5.41, 5.74) is -0.149. The Morgan fingerprint density at radius 2 is 1.40 bits per heavy atom. The van der Waals surface area contributed by atoms with Crippen molar-refractivity contribution in [2.75, 3.05) is 26.3 Å². The number of imide groups is 1. The third-order valence-corrected chi connectivity index (χ3v) is 5.65. The van der Waals surface area contributed by atoms with Gasteiger partial charge < -0.3 is 20.1 Å². The van der Waals surface area contributed by atoms with Crippen molar-refractivity contribution in [3.63, 3.8) is 0 Å². The first-order valence-corrected chi connectivity index (χ1v) is 11.4. The number of carbonyl (C=O) groups is 3. The number of rotatable bonds is 10. The van der Waals surface area contributed by atoms with Crippen LogP contribution in [0.3, 0.4) is 0 Å². The third-order valence-electron chi connectivity index (χ3n) is 5.65. The van der Waals surface area contributed by atoms with Crippen LogP contribution in [0.1, 0.15) is 18.1 Å². The topological polar surface area (TPSA) is 97.0 Å². The second-order valence-electron chi connectivity index (χ2n) is 7.91. The highest BCUT2D eigenvalue weighted by Gasteiger charge is 2.53. The zero-order chi connectivity index (χ0) is 24.7. The van der Waals surface area contributed by atoms with E-state index in [9.17, 15) is 14.4 Å². The zero-order valence-electron chi connectivity index (χ0n) is 19.4. The van der Waals surface area contributed by atoms with Gasteiger partial charge in [-0.1, -0.05) is 60.7 Å². The zero-order valence-corrected chi connectivity index (χ0v) is 19.4. The first-order chi connectivity index (χ1) is 17.0. The first-order valence-electron chi connectivity index (χ1n) is 11.4. The van der Waals surface area contributed by atoms with E-state index in [0.717, 1.165) is 10.6 Å². The van der Waals surface area contributed by atoms with Crippen LogP contribution in [-0.4, -0.2) is 49.0 Å². The van der Waals surface area contributed by atoms with Gasteiger partial charge in [-0.15, -0.1) is 0 Å². The Hall–Kier alpha value is -4.33. The van der Waals surface area contributed by atoms with Gasteiger partial charge in [-0.3, -0.25) is 14.5 Å². The number of urea groups is 1. The number of nitrogens with zero attached hydrogens (tertiary/aromatic N) is 1. The normalized spacial score (nSPS) is 14.4. The van der Waals surface area contributed by atoms with E-state index in [-0.39, 0.29) is 13.2 Å². The lowest BCUT2D eigenvalue weighted by Crippen LogP contribution is -2.46. The van der Waals surface area contributed by atoms with Crippen LogP contribution < -0.4 is 20.1 Å². The molecule has 3 aromatic carbocycles. The molecule has 8 nitrogen and oxygen atoms in total. The van der Waals surface area contributed by atoms with E-state index in [1.807, 2.05) is 19.1 Å².